The average Bonchev–Trinajstić information content (AvgIpc) is 3.29. The van der Waals surface area contributed by atoms with Crippen molar-refractivity contribution in [2.24, 2.45) is 5.73 Å². The molecular weight excluding hydrogens is 542 g/mol. The predicted molar refractivity (Wildman–Crippen MR) is 142 cm³/mol. The molecular formula is C26H31N5O8S. The van der Waals surface area contributed by atoms with Gasteiger partial charge in [0.25, 0.3) is 5.91 Å². The first-order valence-electron chi connectivity index (χ1n) is 12.3. The van der Waals surface area contributed by atoms with E-state index in [4.69, 9.17) is 10.5 Å². The number of imide groups is 1. The van der Waals surface area contributed by atoms with Gasteiger partial charge in [0.15, 0.2) is 6.04 Å². The van der Waals surface area contributed by atoms with Crippen molar-refractivity contribution in [3.63, 3.8) is 0 Å². The first-order chi connectivity index (χ1) is 18.8. The van der Waals surface area contributed by atoms with Gasteiger partial charge in [0.05, 0.1) is 10.9 Å². The van der Waals surface area contributed by atoms with Crippen molar-refractivity contribution in [3.05, 3.63) is 65.7 Å². The molecule has 2 aromatic rings. The van der Waals surface area contributed by atoms with E-state index in [0.29, 0.717) is 4.90 Å². The predicted octanol–water partition coefficient (Wildman–Crippen LogP) is -0.273. The number of nitrogens with two attached hydrogens (primary N) is 1. The third kappa shape index (κ3) is 7.42. The fourth-order valence-electron chi connectivity index (χ4n) is 3.88. The van der Waals surface area contributed by atoms with E-state index in [-0.39, 0.29) is 11.3 Å². The zero-order chi connectivity index (χ0) is 29.6. The van der Waals surface area contributed by atoms with Gasteiger partial charge in [-0.2, -0.15) is 4.72 Å². The van der Waals surface area contributed by atoms with Crippen molar-refractivity contribution in [2.45, 2.75) is 56.3 Å². The molecule has 40 heavy (non-hydrogen) atoms. The van der Waals surface area contributed by atoms with Gasteiger partial charge in [-0.05, 0) is 38.5 Å². The third-order valence-electron chi connectivity index (χ3n) is 6.14. The second-order valence-corrected chi connectivity index (χ2v) is 11.1. The molecule has 14 heteroatoms. The van der Waals surface area contributed by atoms with Crippen LogP contribution in [-0.4, -0.2) is 73.8 Å². The highest BCUT2D eigenvalue weighted by Crippen LogP contribution is 2.16. The van der Waals surface area contributed by atoms with Gasteiger partial charge in [-0.15, -0.1) is 0 Å². The average molecular weight is 574 g/mol. The van der Waals surface area contributed by atoms with E-state index in [0.717, 1.165) is 11.1 Å². The first kappa shape index (κ1) is 30.2. The molecule has 0 aliphatic carbocycles. The summed E-state index contributed by atoms with van der Waals surface area (Å²) in [6.45, 7) is 3.88. The number of hydrogen-bond acceptors (Lipinski definition) is 8. The molecule has 2 aromatic carbocycles. The van der Waals surface area contributed by atoms with Gasteiger partial charge in [0.1, 0.15) is 18.7 Å². The summed E-state index contributed by atoms with van der Waals surface area (Å²) >= 11 is 0. The van der Waals surface area contributed by atoms with Gasteiger partial charge in [0.2, 0.25) is 27.7 Å². The molecule has 0 aromatic heterocycles. The molecule has 1 aliphatic heterocycles. The lowest BCUT2D eigenvalue weighted by molar-refractivity contribution is -0.139. The molecule has 5 amide bonds. The van der Waals surface area contributed by atoms with Crippen LogP contribution in [0.15, 0.2) is 59.5 Å². The Morgan fingerprint density at radius 1 is 1.00 bits per heavy atom. The Kier molecular flexibility index (Phi) is 9.60. The van der Waals surface area contributed by atoms with E-state index in [1.807, 2.05) is 0 Å². The molecule has 0 spiro atoms. The molecule has 1 heterocycles. The quantitative estimate of drug-likeness (QED) is 0.282. The Bertz CT molecular complexity index is 1380. The number of primary amides is 1. The third-order valence-corrected chi connectivity index (χ3v) is 7.70. The van der Waals surface area contributed by atoms with Gasteiger partial charge >= 0.3 is 6.09 Å². The van der Waals surface area contributed by atoms with Crippen LogP contribution < -0.4 is 21.1 Å². The van der Waals surface area contributed by atoms with Crippen LogP contribution in [0, 0.1) is 6.92 Å². The van der Waals surface area contributed by atoms with Crippen molar-refractivity contribution < 1.29 is 37.1 Å². The Labute approximate surface area is 231 Å². The van der Waals surface area contributed by atoms with Crippen LogP contribution in [-0.2, 0) is 40.4 Å². The molecule has 214 valence electrons. The Morgan fingerprint density at radius 2 is 1.62 bits per heavy atom. The number of hydrogen-bond donors (Lipinski definition) is 4. The fraction of sp³-hybridized carbons (Fsp3) is 0.346. The number of sulfonamides is 1. The van der Waals surface area contributed by atoms with Crippen LogP contribution in [0.3, 0.4) is 0 Å². The molecule has 4 atom stereocenters. The highest BCUT2D eigenvalue weighted by atomic mass is 32.2. The molecule has 3 rings (SSSR count). The summed E-state index contributed by atoms with van der Waals surface area (Å²) in [6.07, 6.45) is -1.03. The monoisotopic (exact) mass is 573 g/mol. The number of ether oxygens (including phenoxy) is 1. The highest BCUT2D eigenvalue weighted by Gasteiger charge is 2.45. The van der Waals surface area contributed by atoms with Gasteiger partial charge < -0.3 is 21.1 Å². The van der Waals surface area contributed by atoms with Crippen LogP contribution in [0.2, 0.25) is 0 Å². The van der Waals surface area contributed by atoms with E-state index in [2.05, 4.69) is 15.4 Å². The van der Waals surface area contributed by atoms with Crippen molar-refractivity contribution in [3.8, 4) is 0 Å². The maximum absolute atomic E-state index is 13.1. The zero-order valence-corrected chi connectivity index (χ0v) is 22.9. The Balaban J connectivity index is 1.64. The van der Waals surface area contributed by atoms with E-state index < -0.39 is 70.5 Å². The number of nitrogens with zero attached hydrogens (tertiary/aromatic N) is 1. The smallest absolute Gasteiger partial charge is 0.417 e. The van der Waals surface area contributed by atoms with Crippen LogP contribution in [0.4, 0.5) is 4.79 Å². The summed E-state index contributed by atoms with van der Waals surface area (Å²) in [5, 5.41) is 4.79. The van der Waals surface area contributed by atoms with Crippen LogP contribution in [0.5, 0.6) is 0 Å². The van der Waals surface area contributed by atoms with Gasteiger partial charge in [0, 0.05) is 6.42 Å². The first-order valence-corrected chi connectivity index (χ1v) is 13.8. The molecule has 1 aliphatic rings. The standard InChI is InChI=1S/C26H31N5O8S/c1-15-9-11-19(12-10-15)40(37,38)30-16(2)23(33)28-17(3)25(35)31-21(14-39-26(31)36)24(34)29-20(22(27)32)13-18-7-5-4-6-8-18/h4-12,16-17,20-21,30H,13-14H2,1-3H3,(H2,27,32)(H,28,33)(H,29,34)/t16-,17-,20-,21?/m0/s1. The van der Waals surface area contributed by atoms with Crippen molar-refractivity contribution in [1.82, 2.24) is 20.3 Å². The second-order valence-electron chi connectivity index (χ2n) is 9.34. The minimum atomic E-state index is -4.03. The normalized spacial score (nSPS) is 17.3. The van der Waals surface area contributed by atoms with Crippen LogP contribution in [0.1, 0.15) is 25.0 Å². The molecule has 0 radical (unpaired) electrons. The van der Waals surface area contributed by atoms with E-state index in [1.54, 1.807) is 49.4 Å². The van der Waals surface area contributed by atoms with Crippen molar-refractivity contribution >= 4 is 39.7 Å². The maximum Gasteiger partial charge on any atom is 0.417 e. The van der Waals surface area contributed by atoms with Gasteiger partial charge in [-0.3, -0.25) is 19.2 Å². The SMILES string of the molecule is Cc1ccc(S(=O)(=O)N[C@@H](C)C(=O)N[C@@H](C)C(=O)N2C(=O)OCC2C(=O)N[C@@H](Cc2ccccc2)C(N)=O)cc1. The molecule has 0 saturated carbocycles. The highest BCUT2D eigenvalue weighted by molar-refractivity contribution is 7.89. The van der Waals surface area contributed by atoms with Crippen LogP contribution in [0.25, 0.3) is 0 Å². The lowest BCUT2D eigenvalue weighted by Gasteiger charge is -2.25. The van der Waals surface area contributed by atoms with Crippen molar-refractivity contribution in [1.29, 1.82) is 0 Å². The fourth-order valence-corrected chi connectivity index (χ4v) is 5.08. The Morgan fingerprint density at radius 3 is 2.23 bits per heavy atom. The number of carbonyl (C=O) groups excluding carboxylic acids is 5. The molecule has 13 nitrogen and oxygen atoms in total. The molecule has 1 fully saturated rings. The number of rotatable bonds is 11. The minimum Gasteiger partial charge on any atom is -0.446 e. The zero-order valence-electron chi connectivity index (χ0n) is 22.1. The largest absolute Gasteiger partial charge is 0.446 e. The minimum absolute atomic E-state index is 0.0444. The summed E-state index contributed by atoms with van der Waals surface area (Å²) in [5.41, 5.74) is 7.02. The number of nitrogens with one attached hydrogen (secondary N) is 3. The summed E-state index contributed by atoms with van der Waals surface area (Å²) in [6, 6.07) is 9.61. The second kappa shape index (κ2) is 12.7. The van der Waals surface area contributed by atoms with Crippen molar-refractivity contribution in [2.75, 3.05) is 6.61 Å². The molecule has 1 saturated heterocycles. The number of amides is 5. The lowest BCUT2D eigenvalue weighted by Crippen LogP contribution is -2.58. The number of aryl methyl sites for hydroxylation is 1. The summed E-state index contributed by atoms with van der Waals surface area (Å²) in [5.74, 6) is -3.48. The number of carbonyl (C=O) groups is 5. The van der Waals surface area contributed by atoms with E-state index >= 15 is 0 Å². The molecule has 0 bridgehead atoms. The summed E-state index contributed by atoms with van der Waals surface area (Å²) in [4.78, 5) is 63.5. The number of benzene rings is 2. The van der Waals surface area contributed by atoms with Gasteiger partial charge in [-0.1, -0.05) is 48.0 Å². The summed E-state index contributed by atoms with van der Waals surface area (Å²) in [7, 11) is -4.03. The Hall–Kier alpha value is -4.30. The molecule has 1 unspecified atom stereocenters. The topological polar surface area (TPSA) is 194 Å². The maximum atomic E-state index is 13.1. The number of cyclic esters (lactones) is 1. The van der Waals surface area contributed by atoms with Gasteiger partial charge in [-0.25, -0.2) is 18.1 Å². The van der Waals surface area contributed by atoms with E-state index in [1.165, 1.54) is 26.0 Å². The molecule has 5 N–H and O–H groups in total. The van der Waals surface area contributed by atoms with E-state index in [9.17, 15) is 32.4 Å². The summed E-state index contributed by atoms with van der Waals surface area (Å²) < 4.78 is 32.3. The lowest BCUT2D eigenvalue weighted by atomic mass is 10.0. The van der Waals surface area contributed by atoms with Crippen LogP contribution >= 0.6 is 0 Å².